The molecule has 120 valence electrons. The predicted octanol–water partition coefficient (Wildman–Crippen LogP) is 3.49. The highest BCUT2D eigenvalue weighted by Gasteiger charge is 2.26. The number of fused-ring (bicyclic) bond motifs is 1. The van der Waals surface area contributed by atoms with E-state index in [2.05, 4.69) is 13.8 Å². The monoisotopic (exact) mass is 303 g/mol. The minimum Gasteiger partial charge on any atom is -0.478 e. The Kier molecular flexibility index (Phi) is 5.58. The highest BCUT2D eigenvalue weighted by atomic mass is 16.4. The maximum Gasteiger partial charge on any atom is 0.335 e. The highest BCUT2D eigenvalue weighted by Crippen LogP contribution is 2.24. The van der Waals surface area contributed by atoms with Gasteiger partial charge in [0, 0.05) is 19.0 Å². The second-order valence-electron chi connectivity index (χ2n) is 6.05. The Morgan fingerprint density at radius 3 is 2.68 bits per heavy atom. The van der Waals surface area contributed by atoms with Crippen LogP contribution in [0.3, 0.4) is 0 Å². The number of carboxylic acid groups (broad SMARTS) is 1. The van der Waals surface area contributed by atoms with Crippen LogP contribution in [0, 0.1) is 5.92 Å². The molecule has 1 N–H and O–H groups in total. The fourth-order valence-electron chi connectivity index (χ4n) is 3.09. The van der Waals surface area contributed by atoms with Crippen molar-refractivity contribution >= 4 is 11.9 Å². The van der Waals surface area contributed by atoms with E-state index in [-0.39, 0.29) is 11.8 Å². The molecule has 1 aliphatic heterocycles. The first kappa shape index (κ1) is 16.5. The third-order valence-corrected chi connectivity index (χ3v) is 4.53. The van der Waals surface area contributed by atoms with Gasteiger partial charge in [0.05, 0.1) is 5.56 Å². The van der Waals surface area contributed by atoms with E-state index in [1.54, 1.807) is 12.1 Å². The molecule has 22 heavy (non-hydrogen) atoms. The second-order valence-corrected chi connectivity index (χ2v) is 6.05. The van der Waals surface area contributed by atoms with Crippen molar-refractivity contribution in [2.75, 3.05) is 6.54 Å². The van der Waals surface area contributed by atoms with Crippen molar-refractivity contribution < 1.29 is 14.7 Å². The number of carbonyl (C=O) groups is 2. The van der Waals surface area contributed by atoms with Crippen LogP contribution in [0.15, 0.2) is 18.2 Å². The standard InChI is InChI=1S/C18H25NO3/c1-3-5-6-13(4-2)17(20)19-10-9-14-7-8-15(18(21)22)11-16(14)12-19/h7-8,11,13H,3-6,9-10,12H2,1-2H3,(H,21,22). The lowest BCUT2D eigenvalue weighted by Crippen LogP contribution is -2.39. The molecular formula is C18H25NO3. The van der Waals surface area contributed by atoms with Crippen LogP contribution in [-0.2, 0) is 17.8 Å². The number of aromatic carboxylic acids is 1. The first-order valence-electron chi connectivity index (χ1n) is 8.20. The van der Waals surface area contributed by atoms with Crippen molar-refractivity contribution in [1.82, 2.24) is 4.90 Å². The van der Waals surface area contributed by atoms with Gasteiger partial charge in [-0.15, -0.1) is 0 Å². The summed E-state index contributed by atoms with van der Waals surface area (Å²) >= 11 is 0. The van der Waals surface area contributed by atoms with Gasteiger partial charge in [-0.2, -0.15) is 0 Å². The molecule has 1 aliphatic rings. The Morgan fingerprint density at radius 1 is 1.27 bits per heavy atom. The lowest BCUT2D eigenvalue weighted by atomic mass is 9.93. The van der Waals surface area contributed by atoms with E-state index in [0.29, 0.717) is 12.1 Å². The van der Waals surface area contributed by atoms with Crippen molar-refractivity contribution in [3.05, 3.63) is 34.9 Å². The molecule has 0 spiro atoms. The fraction of sp³-hybridized carbons (Fsp3) is 0.556. The third-order valence-electron chi connectivity index (χ3n) is 4.53. The molecule has 1 heterocycles. The van der Waals surface area contributed by atoms with E-state index in [1.165, 1.54) is 0 Å². The molecule has 1 atom stereocenters. The summed E-state index contributed by atoms with van der Waals surface area (Å²) in [5.74, 6) is -0.591. The lowest BCUT2D eigenvalue weighted by molar-refractivity contribution is -0.136. The zero-order valence-electron chi connectivity index (χ0n) is 13.5. The first-order valence-corrected chi connectivity index (χ1v) is 8.20. The van der Waals surface area contributed by atoms with Gasteiger partial charge < -0.3 is 10.0 Å². The van der Waals surface area contributed by atoms with Crippen molar-refractivity contribution in [2.24, 2.45) is 5.92 Å². The largest absolute Gasteiger partial charge is 0.478 e. The number of amides is 1. The number of hydrogen-bond donors (Lipinski definition) is 1. The normalized spacial score (nSPS) is 15.3. The van der Waals surface area contributed by atoms with Gasteiger partial charge in [0.25, 0.3) is 0 Å². The molecule has 1 aromatic carbocycles. The van der Waals surface area contributed by atoms with E-state index >= 15 is 0 Å². The first-order chi connectivity index (χ1) is 10.6. The minimum absolute atomic E-state index is 0.101. The summed E-state index contributed by atoms with van der Waals surface area (Å²) in [7, 11) is 0. The Labute approximate surface area is 132 Å². The average Bonchev–Trinajstić information content (AvgIpc) is 2.54. The molecule has 0 aromatic heterocycles. The smallest absolute Gasteiger partial charge is 0.335 e. The summed E-state index contributed by atoms with van der Waals surface area (Å²) in [6, 6.07) is 5.24. The van der Waals surface area contributed by atoms with E-state index in [9.17, 15) is 9.59 Å². The van der Waals surface area contributed by atoms with Gasteiger partial charge in [0.15, 0.2) is 0 Å². The van der Waals surface area contributed by atoms with Crippen LogP contribution < -0.4 is 0 Å². The van der Waals surface area contributed by atoms with Crippen molar-refractivity contribution in [3.8, 4) is 0 Å². The predicted molar refractivity (Wildman–Crippen MR) is 85.8 cm³/mol. The molecule has 0 saturated heterocycles. The van der Waals surface area contributed by atoms with Crippen molar-refractivity contribution in [2.45, 2.75) is 52.5 Å². The minimum atomic E-state index is -0.916. The van der Waals surface area contributed by atoms with E-state index in [4.69, 9.17) is 5.11 Å². The molecule has 2 rings (SSSR count). The molecule has 4 nitrogen and oxygen atoms in total. The number of benzene rings is 1. The van der Waals surface area contributed by atoms with Crippen LogP contribution in [0.2, 0.25) is 0 Å². The molecule has 1 amide bonds. The molecule has 1 unspecified atom stereocenters. The molecule has 0 saturated carbocycles. The maximum absolute atomic E-state index is 12.7. The summed E-state index contributed by atoms with van der Waals surface area (Å²) in [6.07, 6.45) is 4.82. The Bertz CT molecular complexity index is 553. The fourth-order valence-corrected chi connectivity index (χ4v) is 3.09. The quantitative estimate of drug-likeness (QED) is 0.875. The molecular weight excluding hydrogens is 278 g/mol. The summed E-state index contributed by atoms with van der Waals surface area (Å²) in [5, 5.41) is 9.10. The van der Waals surface area contributed by atoms with Gasteiger partial charge in [-0.25, -0.2) is 4.79 Å². The van der Waals surface area contributed by atoms with Crippen LogP contribution in [0.4, 0.5) is 0 Å². The second kappa shape index (κ2) is 7.43. The number of carboxylic acids is 1. The summed E-state index contributed by atoms with van der Waals surface area (Å²) in [4.78, 5) is 25.7. The van der Waals surface area contributed by atoms with Gasteiger partial charge in [0.1, 0.15) is 0 Å². The molecule has 4 heteroatoms. The van der Waals surface area contributed by atoms with E-state index in [0.717, 1.165) is 49.8 Å². The van der Waals surface area contributed by atoms with Crippen molar-refractivity contribution in [1.29, 1.82) is 0 Å². The van der Waals surface area contributed by atoms with Crippen LogP contribution in [0.5, 0.6) is 0 Å². The summed E-state index contributed by atoms with van der Waals surface area (Å²) in [5.41, 5.74) is 2.44. The number of unbranched alkanes of at least 4 members (excludes halogenated alkanes) is 1. The Hall–Kier alpha value is -1.84. The number of rotatable bonds is 6. The van der Waals surface area contributed by atoms with Gasteiger partial charge in [-0.05, 0) is 42.5 Å². The Morgan fingerprint density at radius 2 is 2.05 bits per heavy atom. The SMILES string of the molecule is CCCCC(CC)C(=O)N1CCc2ccc(C(=O)O)cc2C1. The van der Waals surface area contributed by atoms with Gasteiger partial charge >= 0.3 is 5.97 Å². The van der Waals surface area contributed by atoms with Crippen LogP contribution >= 0.6 is 0 Å². The summed E-state index contributed by atoms with van der Waals surface area (Å²) in [6.45, 7) is 5.49. The lowest BCUT2D eigenvalue weighted by Gasteiger charge is -2.32. The van der Waals surface area contributed by atoms with Gasteiger partial charge in [0.2, 0.25) is 5.91 Å². The summed E-state index contributed by atoms with van der Waals surface area (Å²) < 4.78 is 0. The van der Waals surface area contributed by atoms with Gasteiger partial charge in [-0.3, -0.25) is 4.79 Å². The number of nitrogens with zero attached hydrogens (tertiary/aromatic N) is 1. The highest BCUT2D eigenvalue weighted by molar-refractivity contribution is 5.88. The zero-order valence-corrected chi connectivity index (χ0v) is 13.5. The van der Waals surface area contributed by atoms with E-state index in [1.807, 2.05) is 11.0 Å². The molecule has 1 aromatic rings. The number of hydrogen-bond acceptors (Lipinski definition) is 2. The molecule has 0 fully saturated rings. The van der Waals surface area contributed by atoms with Crippen LogP contribution in [0.25, 0.3) is 0 Å². The third kappa shape index (κ3) is 3.67. The van der Waals surface area contributed by atoms with Crippen LogP contribution in [-0.4, -0.2) is 28.4 Å². The van der Waals surface area contributed by atoms with Gasteiger partial charge in [-0.1, -0.05) is 32.8 Å². The zero-order chi connectivity index (χ0) is 16.1. The number of carbonyl (C=O) groups excluding carboxylic acids is 1. The average molecular weight is 303 g/mol. The molecule has 0 aliphatic carbocycles. The molecule has 0 bridgehead atoms. The Balaban J connectivity index is 2.11. The molecule has 0 radical (unpaired) electrons. The maximum atomic E-state index is 12.7. The van der Waals surface area contributed by atoms with Crippen LogP contribution in [0.1, 0.15) is 61.0 Å². The van der Waals surface area contributed by atoms with E-state index < -0.39 is 5.97 Å². The topological polar surface area (TPSA) is 57.6 Å². The van der Waals surface area contributed by atoms with Crippen molar-refractivity contribution in [3.63, 3.8) is 0 Å².